The molecule has 5 heteroatoms. The van der Waals surface area contributed by atoms with E-state index in [-0.39, 0.29) is 5.69 Å². The van der Waals surface area contributed by atoms with Crippen molar-refractivity contribution in [1.82, 2.24) is 10.2 Å². The molecule has 1 saturated carbocycles. The van der Waals surface area contributed by atoms with E-state index >= 15 is 0 Å². The molecule has 0 bridgehead atoms. The average molecular weight is 263 g/mol. The monoisotopic (exact) mass is 263 g/mol. The van der Waals surface area contributed by atoms with Crippen molar-refractivity contribution >= 4 is 11.8 Å². The minimum atomic E-state index is -1.04. The van der Waals surface area contributed by atoms with Crippen molar-refractivity contribution < 1.29 is 9.90 Å². The second kappa shape index (κ2) is 5.15. The summed E-state index contributed by atoms with van der Waals surface area (Å²) in [5, 5.41) is 16.5. The molecule has 1 N–H and O–H groups in total. The van der Waals surface area contributed by atoms with Gasteiger partial charge in [-0.3, -0.25) is 0 Å². The number of anilines is 1. The SMILES string of the molecule is CN(c1ccc(C(=O)O)nn1)C1CCC(C)(C)CC1. The van der Waals surface area contributed by atoms with Crippen LogP contribution in [0, 0.1) is 5.41 Å². The van der Waals surface area contributed by atoms with Crippen LogP contribution in [0.2, 0.25) is 0 Å². The van der Waals surface area contributed by atoms with Gasteiger partial charge in [-0.05, 0) is 43.2 Å². The first-order valence-electron chi connectivity index (χ1n) is 6.69. The number of aromatic nitrogens is 2. The number of rotatable bonds is 3. The molecule has 1 fully saturated rings. The number of hydrogen-bond donors (Lipinski definition) is 1. The van der Waals surface area contributed by atoms with E-state index in [1.807, 2.05) is 7.05 Å². The summed E-state index contributed by atoms with van der Waals surface area (Å²) in [6, 6.07) is 3.71. The van der Waals surface area contributed by atoms with Crippen LogP contribution in [0.1, 0.15) is 50.0 Å². The zero-order valence-electron chi connectivity index (χ0n) is 11.8. The zero-order valence-corrected chi connectivity index (χ0v) is 11.8. The zero-order chi connectivity index (χ0) is 14.0. The van der Waals surface area contributed by atoms with E-state index in [1.165, 1.54) is 18.9 Å². The number of carbonyl (C=O) groups is 1. The molecule has 1 aliphatic rings. The number of carboxylic acid groups (broad SMARTS) is 1. The highest BCUT2D eigenvalue weighted by molar-refractivity contribution is 5.85. The van der Waals surface area contributed by atoms with Crippen LogP contribution in [0.15, 0.2) is 12.1 Å². The Bertz CT molecular complexity index is 446. The van der Waals surface area contributed by atoms with Gasteiger partial charge in [0.2, 0.25) is 0 Å². The van der Waals surface area contributed by atoms with Gasteiger partial charge in [-0.2, -0.15) is 0 Å². The molecule has 1 heterocycles. The molecule has 0 atom stereocenters. The van der Waals surface area contributed by atoms with Crippen molar-refractivity contribution in [2.45, 2.75) is 45.6 Å². The second-order valence-corrected chi connectivity index (χ2v) is 6.09. The molecule has 5 nitrogen and oxygen atoms in total. The van der Waals surface area contributed by atoms with Crippen LogP contribution in [-0.4, -0.2) is 34.4 Å². The standard InChI is InChI=1S/C14H21N3O2/c1-14(2)8-6-10(7-9-14)17(3)12-5-4-11(13(18)19)15-16-12/h4-5,10H,6-9H2,1-3H3,(H,18,19). The fourth-order valence-corrected chi connectivity index (χ4v) is 2.59. The van der Waals surface area contributed by atoms with Gasteiger partial charge in [-0.15, -0.1) is 10.2 Å². The van der Waals surface area contributed by atoms with Gasteiger partial charge >= 0.3 is 5.97 Å². The predicted molar refractivity (Wildman–Crippen MR) is 73.4 cm³/mol. The van der Waals surface area contributed by atoms with Crippen LogP contribution >= 0.6 is 0 Å². The number of nitrogens with zero attached hydrogens (tertiary/aromatic N) is 3. The van der Waals surface area contributed by atoms with Gasteiger partial charge in [0.05, 0.1) is 0 Å². The van der Waals surface area contributed by atoms with E-state index in [0.717, 1.165) is 18.7 Å². The van der Waals surface area contributed by atoms with E-state index in [2.05, 4.69) is 28.9 Å². The maximum Gasteiger partial charge on any atom is 0.356 e. The van der Waals surface area contributed by atoms with Crippen molar-refractivity contribution in [1.29, 1.82) is 0 Å². The summed E-state index contributed by atoms with van der Waals surface area (Å²) >= 11 is 0. The minimum Gasteiger partial charge on any atom is -0.476 e. The lowest BCUT2D eigenvalue weighted by Crippen LogP contribution is -2.37. The summed E-state index contributed by atoms with van der Waals surface area (Å²) in [5.41, 5.74) is 0.429. The maximum atomic E-state index is 10.7. The largest absolute Gasteiger partial charge is 0.476 e. The molecule has 0 amide bonds. The van der Waals surface area contributed by atoms with Gasteiger partial charge < -0.3 is 10.0 Å². The summed E-state index contributed by atoms with van der Waals surface area (Å²) in [6.07, 6.45) is 4.71. The average Bonchev–Trinajstić information content (AvgIpc) is 2.38. The Morgan fingerprint density at radius 2 is 1.95 bits per heavy atom. The molecular formula is C14H21N3O2. The Morgan fingerprint density at radius 1 is 1.32 bits per heavy atom. The van der Waals surface area contributed by atoms with Crippen molar-refractivity contribution in [3.8, 4) is 0 Å². The number of carboxylic acids is 1. The first-order valence-corrected chi connectivity index (χ1v) is 6.69. The van der Waals surface area contributed by atoms with Crippen molar-refractivity contribution in [2.24, 2.45) is 5.41 Å². The van der Waals surface area contributed by atoms with Gasteiger partial charge in [-0.25, -0.2) is 4.79 Å². The van der Waals surface area contributed by atoms with Crippen LogP contribution in [0.3, 0.4) is 0 Å². The third-order valence-corrected chi connectivity index (χ3v) is 4.09. The second-order valence-electron chi connectivity index (χ2n) is 6.09. The fourth-order valence-electron chi connectivity index (χ4n) is 2.59. The molecule has 0 saturated heterocycles. The Balaban J connectivity index is 2.03. The summed E-state index contributed by atoms with van der Waals surface area (Å²) in [4.78, 5) is 12.9. The third kappa shape index (κ3) is 3.22. The van der Waals surface area contributed by atoms with E-state index in [9.17, 15) is 4.79 Å². The fraction of sp³-hybridized carbons (Fsp3) is 0.643. The summed E-state index contributed by atoms with van der Waals surface area (Å²) < 4.78 is 0. The van der Waals surface area contributed by atoms with Crippen molar-refractivity contribution in [3.63, 3.8) is 0 Å². The first kappa shape index (κ1) is 13.8. The molecule has 0 spiro atoms. The van der Waals surface area contributed by atoms with Gasteiger partial charge in [-0.1, -0.05) is 13.8 Å². The molecule has 0 aliphatic heterocycles. The van der Waals surface area contributed by atoms with Crippen LogP contribution in [-0.2, 0) is 0 Å². The molecule has 104 valence electrons. The Morgan fingerprint density at radius 3 is 2.42 bits per heavy atom. The quantitative estimate of drug-likeness (QED) is 0.908. The highest BCUT2D eigenvalue weighted by Gasteiger charge is 2.29. The van der Waals surface area contributed by atoms with Gasteiger partial charge in [0.1, 0.15) is 0 Å². The molecule has 2 rings (SSSR count). The minimum absolute atomic E-state index is 0.0121. The van der Waals surface area contributed by atoms with Crippen LogP contribution in [0.4, 0.5) is 5.82 Å². The summed E-state index contributed by atoms with van der Waals surface area (Å²) in [6.45, 7) is 4.62. The lowest BCUT2D eigenvalue weighted by Gasteiger charge is -2.38. The van der Waals surface area contributed by atoms with Gasteiger partial charge in [0.25, 0.3) is 0 Å². The van der Waals surface area contributed by atoms with Gasteiger partial charge in [0.15, 0.2) is 11.5 Å². The number of hydrogen-bond acceptors (Lipinski definition) is 4. The lowest BCUT2D eigenvalue weighted by atomic mass is 9.75. The van der Waals surface area contributed by atoms with Crippen molar-refractivity contribution in [2.75, 3.05) is 11.9 Å². The maximum absolute atomic E-state index is 10.7. The summed E-state index contributed by atoms with van der Waals surface area (Å²) in [5.74, 6) is -0.296. The smallest absolute Gasteiger partial charge is 0.356 e. The third-order valence-electron chi connectivity index (χ3n) is 4.09. The Kier molecular flexibility index (Phi) is 3.73. The number of aromatic carboxylic acids is 1. The molecule has 1 aromatic rings. The molecule has 0 radical (unpaired) electrons. The van der Waals surface area contributed by atoms with Crippen LogP contribution in [0.5, 0.6) is 0 Å². The van der Waals surface area contributed by atoms with Crippen molar-refractivity contribution in [3.05, 3.63) is 17.8 Å². The van der Waals surface area contributed by atoms with Gasteiger partial charge in [0, 0.05) is 13.1 Å². The summed E-state index contributed by atoms with van der Waals surface area (Å²) in [7, 11) is 2.01. The van der Waals surface area contributed by atoms with E-state index in [4.69, 9.17) is 5.11 Å². The lowest BCUT2D eigenvalue weighted by molar-refractivity contribution is 0.0689. The first-order chi connectivity index (χ1) is 8.89. The van der Waals surface area contributed by atoms with Crippen LogP contribution < -0.4 is 4.90 Å². The Labute approximate surface area is 113 Å². The molecule has 1 aliphatic carbocycles. The van der Waals surface area contributed by atoms with E-state index in [1.54, 1.807) is 6.07 Å². The normalized spacial score (nSPS) is 19.1. The van der Waals surface area contributed by atoms with E-state index in [0.29, 0.717) is 11.5 Å². The molecule has 1 aromatic heterocycles. The molecular weight excluding hydrogens is 242 g/mol. The molecule has 0 aromatic carbocycles. The Hall–Kier alpha value is -1.65. The predicted octanol–water partition coefficient (Wildman–Crippen LogP) is 2.58. The topological polar surface area (TPSA) is 66.3 Å². The van der Waals surface area contributed by atoms with E-state index < -0.39 is 5.97 Å². The highest BCUT2D eigenvalue weighted by Crippen LogP contribution is 2.37. The molecule has 0 unspecified atom stereocenters. The van der Waals surface area contributed by atoms with Crippen LogP contribution in [0.25, 0.3) is 0 Å². The molecule has 19 heavy (non-hydrogen) atoms. The highest BCUT2D eigenvalue weighted by atomic mass is 16.4.